The maximum atomic E-state index is 11.9. The molecule has 0 saturated carbocycles. The van der Waals surface area contributed by atoms with Crippen LogP contribution in [0.25, 0.3) is 6.08 Å². The molecule has 6 nitrogen and oxygen atoms in total. The number of hydrogen-bond donors (Lipinski definition) is 0. The molecule has 1 aliphatic heterocycles. The highest BCUT2D eigenvalue weighted by Gasteiger charge is 2.18. The van der Waals surface area contributed by atoms with Gasteiger partial charge in [0.1, 0.15) is 0 Å². The van der Waals surface area contributed by atoms with Crippen LogP contribution in [0.3, 0.4) is 0 Å². The number of carbonyl (C=O) groups is 1. The fraction of sp³-hybridized carbons (Fsp3) is 0.250. The van der Waals surface area contributed by atoms with E-state index in [2.05, 4.69) is 4.90 Å². The van der Waals surface area contributed by atoms with E-state index in [9.17, 15) is 14.9 Å². The molecule has 0 amide bonds. The Bertz CT molecular complexity index is 818. The molecule has 0 aliphatic carbocycles. The van der Waals surface area contributed by atoms with Gasteiger partial charge in [-0.15, -0.1) is 0 Å². The SMILES string of the molecule is O=C(OCCCN1CCc2cc(/C=C/[N+](=O)[O-])ccc21)c1ccccc1. The maximum absolute atomic E-state index is 11.9. The third-order valence-electron chi connectivity index (χ3n) is 4.30. The average molecular weight is 352 g/mol. The Hall–Kier alpha value is -3.15. The summed E-state index contributed by atoms with van der Waals surface area (Å²) >= 11 is 0. The second-order valence-electron chi connectivity index (χ2n) is 6.08. The van der Waals surface area contributed by atoms with Gasteiger partial charge in [0.15, 0.2) is 0 Å². The smallest absolute Gasteiger partial charge is 0.338 e. The van der Waals surface area contributed by atoms with E-state index in [1.165, 1.54) is 11.6 Å². The predicted octanol–water partition coefficient (Wildman–Crippen LogP) is 3.54. The fourth-order valence-corrected chi connectivity index (χ4v) is 3.05. The predicted molar refractivity (Wildman–Crippen MR) is 99.7 cm³/mol. The van der Waals surface area contributed by atoms with Crippen molar-refractivity contribution < 1.29 is 14.5 Å². The zero-order chi connectivity index (χ0) is 18.4. The second-order valence-corrected chi connectivity index (χ2v) is 6.08. The molecule has 1 heterocycles. The van der Waals surface area contributed by atoms with Crippen LogP contribution in [0.4, 0.5) is 5.69 Å². The first-order valence-electron chi connectivity index (χ1n) is 8.55. The number of nitro groups is 1. The molecule has 2 aromatic rings. The lowest BCUT2D eigenvalue weighted by atomic mass is 10.1. The fourth-order valence-electron chi connectivity index (χ4n) is 3.05. The molecule has 2 aromatic carbocycles. The van der Waals surface area contributed by atoms with Crippen molar-refractivity contribution >= 4 is 17.7 Å². The van der Waals surface area contributed by atoms with Gasteiger partial charge in [-0.2, -0.15) is 0 Å². The zero-order valence-electron chi connectivity index (χ0n) is 14.3. The minimum Gasteiger partial charge on any atom is -0.462 e. The highest BCUT2D eigenvalue weighted by atomic mass is 16.6. The van der Waals surface area contributed by atoms with Crippen molar-refractivity contribution in [3.8, 4) is 0 Å². The summed E-state index contributed by atoms with van der Waals surface area (Å²) in [6, 6.07) is 14.8. The van der Waals surface area contributed by atoms with Gasteiger partial charge in [-0.3, -0.25) is 10.1 Å². The molecule has 0 fully saturated rings. The van der Waals surface area contributed by atoms with E-state index in [4.69, 9.17) is 4.74 Å². The van der Waals surface area contributed by atoms with E-state index in [-0.39, 0.29) is 5.97 Å². The average Bonchev–Trinajstić information content (AvgIpc) is 3.06. The molecule has 6 heteroatoms. The summed E-state index contributed by atoms with van der Waals surface area (Å²) < 4.78 is 5.31. The summed E-state index contributed by atoms with van der Waals surface area (Å²) in [5.74, 6) is -0.297. The number of benzene rings is 2. The molecule has 1 aliphatic rings. The van der Waals surface area contributed by atoms with Crippen LogP contribution in [0.5, 0.6) is 0 Å². The van der Waals surface area contributed by atoms with Crippen molar-refractivity contribution in [3.05, 3.63) is 81.5 Å². The van der Waals surface area contributed by atoms with Crippen molar-refractivity contribution in [2.75, 3.05) is 24.6 Å². The van der Waals surface area contributed by atoms with Crippen LogP contribution in [0.15, 0.2) is 54.7 Å². The monoisotopic (exact) mass is 352 g/mol. The lowest BCUT2D eigenvalue weighted by Crippen LogP contribution is -2.23. The highest BCUT2D eigenvalue weighted by Crippen LogP contribution is 2.29. The molecule has 0 radical (unpaired) electrons. The number of ether oxygens (including phenoxy) is 1. The molecule has 0 bridgehead atoms. The third-order valence-corrected chi connectivity index (χ3v) is 4.30. The molecular formula is C20H20N2O4. The zero-order valence-corrected chi connectivity index (χ0v) is 14.3. The minimum atomic E-state index is -0.462. The molecule has 134 valence electrons. The van der Waals surface area contributed by atoms with Gasteiger partial charge in [0.25, 0.3) is 0 Å². The summed E-state index contributed by atoms with van der Waals surface area (Å²) in [6.07, 6.45) is 4.13. The van der Waals surface area contributed by atoms with Gasteiger partial charge >= 0.3 is 5.97 Å². The molecule has 0 N–H and O–H groups in total. The van der Waals surface area contributed by atoms with Crippen LogP contribution >= 0.6 is 0 Å². The topological polar surface area (TPSA) is 72.7 Å². The summed E-state index contributed by atoms with van der Waals surface area (Å²) in [7, 11) is 0. The highest BCUT2D eigenvalue weighted by molar-refractivity contribution is 5.89. The van der Waals surface area contributed by atoms with E-state index in [1.807, 2.05) is 36.4 Å². The Morgan fingerprint density at radius 1 is 1.23 bits per heavy atom. The summed E-state index contributed by atoms with van der Waals surface area (Å²) in [5.41, 5.74) is 3.74. The van der Waals surface area contributed by atoms with Gasteiger partial charge in [-0.1, -0.05) is 24.3 Å². The number of fused-ring (bicyclic) bond motifs is 1. The third kappa shape index (κ3) is 4.47. The van der Waals surface area contributed by atoms with Gasteiger partial charge in [0.05, 0.1) is 17.1 Å². The van der Waals surface area contributed by atoms with Crippen LogP contribution in [-0.4, -0.2) is 30.6 Å². The number of carbonyl (C=O) groups excluding carboxylic acids is 1. The van der Waals surface area contributed by atoms with E-state index in [1.54, 1.807) is 12.1 Å². The molecule has 0 saturated heterocycles. The Morgan fingerprint density at radius 2 is 2.04 bits per heavy atom. The van der Waals surface area contributed by atoms with Crippen molar-refractivity contribution in [3.63, 3.8) is 0 Å². The number of hydrogen-bond acceptors (Lipinski definition) is 5. The molecule has 0 atom stereocenters. The molecule has 26 heavy (non-hydrogen) atoms. The van der Waals surface area contributed by atoms with E-state index in [0.29, 0.717) is 12.2 Å². The van der Waals surface area contributed by atoms with Gasteiger partial charge in [-0.25, -0.2) is 4.79 Å². The lowest BCUT2D eigenvalue weighted by Gasteiger charge is -2.19. The molecule has 0 unspecified atom stereocenters. The van der Waals surface area contributed by atoms with Crippen LogP contribution in [-0.2, 0) is 11.2 Å². The molecule has 3 rings (SSSR count). The number of rotatable bonds is 7. The Balaban J connectivity index is 1.49. The standard InChI is InChI=1S/C20H20N2O4/c23-20(17-5-2-1-3-6-17)26-14-4-11-21-12-10-18-15-16(7-8-19(18)21)9-13-22(24)25/h1-3,5-9,13,15H,4,10-12,14H2/b13-9+. The number of esters is 1. The van der Waals surface area contributed by atoms with Gasteiger partial charge in [0.2, 0.25) is 6.20 Å². The summed E-state index contributed by atoms with van der Waals surface area (Å²) in [4.78, 5) is 24.1. The first kappa shape index (κ1) is 17.7. The van der Waals surface area contributed by atoms with Crippen LogP contribution in [0.1, 0.15) is 27.9 Å². The molecule has 0 aromatic heterocycles. The van der Waals surface area contributed by atoms with Crippen molar-refractivity contribution in [1.82, 2.24) is 0 Å². The first-order valence-corrected chi connectivity index (χ1v) is 8.55. The van der Waals surface area contributed by atoms with Gasteiger partial charge in [-0.05, 0) is 48.2 Å². The molecular weight excluding hydrogens is 332 g/mol. The number of anilines is 1. The quantitative estimate of drug-likeness (QED) is 0.330. The van der Waals surface area contributed by atoms with Crippen molar-refractivity contribution in [2.24, 2.45) is 0 Å². The van der Waals surface area contributed by atoms with Crippen LogP contribution < -0.4 is 4.90 Å². The normalized spacial score (nSPS) is 13.0. The van der Waals surface area contributed by atoms with Crippen molar-refractivity contribution in [2.45, 2.75) is 12.8 Å². The van der Waals surface area contributed by atoms with Gasteiger partial charge in [0, 0.05) is 24.9 Å². The van der Waals surface area contributed by atoms with E-state index < -0.39 is 4.92 Å². The van der Waals surface area contributed by atoms with Crippen LogP contribution in [0, 0.1) is 10.1 Å². The Labute approximate surface area is 151 Å². The Morgan fingerprint density at radius 3 is 2.81 bits per heavy atom. The van der Waals surface area contributed by atoms with E-state index >= 15 is 0 Å². The lowest BCUT2D eigenvalue weighted by molar-refractivity contribution is -0.400. The van der Waals surface area contributed by atoms with E-state index in [0.717, 1.165) is 43.4 Å². The summed E-state index contributed by atoms with van der Waals surface area (Å²) in [5, 5.41) is 10.4. The second kappa shape index (κ2) is 8.29. The molecule has 0 spiro atoms. The van der Waals surface area contributed by atoms with Crippen molar-refractivity contribution in [1.29, 1.82) is 0 Å². The maximum Gasteiger partial charge on any atom is 0.338 e. The summed E-state index contributed by atoms with van der Waals surface area (Å²) in [6.45, 7) is 2.09. The first-order chi connectivity index (χ1) is 12.6. The minimum absolute atomic E-state index is 0.297. The Kier molecular flexibility index (Phi) is 5.63. The number of nitrogens with zero attached hydrogens (tertiary/aromatic N) is 2. The largest absolute Gasteiger partial charge is 0.462 e. The van der Waals surface area contributed by atoms with Crippen LogP contribution in [0.2, 0.25) is 0 Å². The van der Waals surface area contributed by atoms with Gasteiger partial charge < -0.3 is 9.64 Å².